The van der Waals surface area contributed by atoms with Crippen molar-refractivity contribution in [2.24, 2.45) is 4.99 Å². The summed E-state index contributed by atoms with van der Waals surface area (Å²) in [6.07, 6.45) is 7.27. The highest BCUT2D eigenvalue weighted by atomic mass is 16.5. The van der Waals surface area contributed by atoms with Gasteiger partial charge in [0.2, 0.25) is 0 Å². The maximum Gasteiger partial charge on any atom is 0.145 e. The van der Waals surface area contributed by atoms with Crippen molar-refractivity contribution in [1.82, 2.24) is 15.0 Å². The fourth-order valence-corrected chi connectivity index (χ4v) is 2.79. The molecule has 0 saturated carbocycles. The molecule has 1 N–H and O–H groups in total. The first kappa shape index (κ1) is 20.2. The van der Waals surface area contributed by atoms with Crippen LogP contribution in [0.15, 0.2) is 66.1 Å². The molecule has 3 aromatic rings. The van der Waals surface area contributed by atoms with Crippen molar-refractivity contribution in [2.45, 2.75) is 13.8 Å². The van der Waals surface area contributed by atoms with Crippen LogP contribution >= 0.6 is 0 Å². The number of fused-ring (bicyclic) bond motifs is 1. The summed E-state index contributed by atoms with van der Waals surface area (Å²) < 4.78 is 5.58. The Morgan fingerprint density at radius 3 is 2.72 bits per heavy atom. The molecule has 6 heteroatoms. The molecule has 148 valence electrons. The van der Waals surface area contributed by atoms with E-state index in [0.29, 0.717) is 12.3 Å². The highest BCUT2D eigenvalue weighted by Gasteiger charge is 2.12. The van der Waals surface area contributed by atoms with E-state index in [0.717, 1.165) is 44.8 Å². The van der Waals surface area contributed by atoms with Gasteiger partial charge in [0.1, 0.15) is 23.4 Å². The van der Waals surface area contributed by atoms with Gasteiger partial charge in [-0.2, -0.15) is 0 Å². The van der Waals surface area contributed by atoms with Crippen LogP contribution in [0.2, 0.25) is 0 Å². The number of pyridine rings is 1. The molecule has 0 aliphatic rings. The Labute approximate surface area is 171 Å². The highest BCUT2D eigenvalue weighted by Crippen LogP contribution is 2.33. The van der Waals surface area contributed by atoms with Gasteiger partial charge < -0.3 is 10.1 Å². The molecule has 0 amide bonds. The van der Waals surface area contributed by atoms with E-state index in [2.05, 4.69) is 31.8 Å². The lowest BCUT2D eigenvalue weighted by Crippen LogP contribution is -2.06. The molecule has 6 nitrogen and oxygen atoms in total. The first-order valence-corrected chi connectivity index (χ1v) is 9.30. The monoisotopic (exact) mass is 387 g/mol. The van der Waals surface area contributed by atoms with Crippen molar-refractivity contribution >= 4 is 22.4 Å². The number of hydrogen-bond acceptors (Lipinski definition) is 6. The minimum Gasteiger partial charge on any atom is -0.494 e. The Balaban J connectivity index is 1.95. The molecule has 3 rings (SSSR count). The van der Waals surface area contributed by atoms with Crippen LogP contribution in [0.3, 0.4) is 0 Å². The number of hydrogen-bond donors (Lipinski definition) is 1. The molecule has 0 atom stereocenters. The van der Waals surface area contributed by atoms with Crippen LogP contribution in [0.5, 0.6) is 5.75 Å². The number of anilines is 1. The standard InChI is InChI=1S/C23H25N5O/c1-15(6-8-17(3)24-4)13-26-23-19-10-18(20-9-7-16(2)12-25-20)11-21(29-5)22(19)27-14-28-23/h6-12,14H,1,13H2,2-5H3,(H,26,27,28)/b8-6-,24-17?. The Hall–Kier alpha value is -3.54. The van der Waals surface area contributed by atoms with E-state index in [1.807, 2.05) is 56.5 Å². The average molecular weight is 387 g/mol. The van der Waals surface area contributed by atoms with E-state index in [9.17, 15) is 0 Å². The molecule has 0 saturated heterocycles. The van der Waals surface area contributed by atoms with Gasteiger partial charge in [-0.05, 0) is 49.3 Å². The van der Waals surface area contributed by atoms with Crippen LogP contribution in [0.4, 0.5) is 5.82 Å². The van der Waals surface area contributed by atoms with E-state index < -0.39 is 0 Å². The molecule has 0 spiro atoms. The Kier molecular flexibility index (Phi) is 6.34. The lowest BCUT2D eigenvalue weighted by molar-refractivity contribution is 0.419. The third kappa shape index (κ3) is 4.85. The minimum atomic E-state index is 0.551. The van der Waals surface area contributed by atoms with E-state index in [4.69, 9.17) is 4.74 Å². The lowest BCUT2D eigenvalue weighted by Gasteiger charge is -2.12. The normalized spacial score (nSPS) is 11.8. The zero-order chi connectivity index (χ0) is 20.8. The number of benzene rings is 1. The third-order valence-corrected chi connectivity index (χ3v) is 4.53. The van der Waals surface area contributed by atoms with Crippen molar-refractivity contribution in [3.63, 3.8) is 0 Å². The number of aliphatic imine (C=N–C) groups is 1. The van der Waals surface area contributed by atoms with Gasteiger partial charge in [-0.1, -0.05) is 18.7 Å². The molecule has 0 aliphatic carbocycles. The molecule has 0 unspecified atom stereocenters. The number of allylic oxidation sites excluding steroid dienone is 1. The van der Waals surface area contributed by atoms with Crippen LogP contribution in [0.25, 0.3) is 22.2 Å². The number of ether oxygens (including phenoxy) is 1. The van der Waals surface area contributed by atoms with Crippen molar-refractivity contribution in [1.29, 1.82) is 0 Å². The van der Waals surface area contributed by atoms with Crippen LogP contribution in [-0.2, 0) is 0 Å². The summed E-state index contributed by atoms with van der Waals surface area (Å²) in [7, 11) is 3.40. The van der Waals surface area contributed by atoms with Gasteiger partial charge in [-0.15, -0.1) is 0 Å². The number of rotatable bonds is 7. The summed E-state index contributed by atoms with van der Waals surface area (Å²) in [6, 6.07) is 8.02. The summed E-state index contributed by atoms with van der Waals surface area (Å²) in [5.41, 5.74) is 5.53. The van der Waals surface area contributed by atoms with Crippen molar-refractivity contribution in [3.05, 3.63) is 66.7 Å². The SMILES string of the molecule is C=C(/C=C\C(C)=NC)CNc1ncnc2c(OC)cc(-c3ccc(C)cn3)cc12. The molecule has 0 radical (unpaired) electrons. The number of aryl methyl sites for hydroxylation is 1. The minimum absolute atomic E-state index is 0.551. The van der Waals surface area contributed by atoms with E-state index in [1.165, 1.54) is 6.33 Å². The summed E-state index contributed by atoms with van der Waals surface area (Å²) in [6.45, 7) is 8.59. The highest BCUT2D eigenvalue weighted by molar-refractivity contribution is 5.96. The molecule has 0 fully saturated rings. The van der Waals surface area contributed by atoms with Gasteiger partial charge in [0.15, 0.2) is 0 Å². The summed E-state index contributed by atoms with van der Waals surface area (Å²) >= 11 is 0. The van der Waals surface area contributed by atoms with Crippen LogP contribution in [0.1, 0.15) is 12.5 Å². The van der Waals surface area contributed by atoms with Crippen molar-refractivity contribution in [2.75, 3.05) is 26.0 Å². The van der Waals surface area contributed by atoms with Crippen molar-refractivity contribution < 1.29 is 4.74 Å². The lowest BCUT2D eigenvalue weighted by atomic mass is 10.1. The fourth-order valence-electron chi connectivity index (χ4n) is 2.79. The van der Waals surface area contributed by atoms with Crippen LogP contribution in [0, 0.1) is 6.92 Å². The molecule has 0 aliphatic heterocycles. The van der Waals surface area contributed by atoms with Crippen molar-refractivity contribution in [3.8, 4) is 17.0 Å². The number of nitrogens with zero attached hydrogens (tertiary/aromatic N) is 4. The second-order valence-electron chi connectivity index (χ2n) is 6.73. The predicted molar refractivity (Wildman–Crippen MR) is 120 cm³/mol. The van der Waals surface area contributed by atoms with E-state index >= 15 is 0 Å². The smallest absolute Gasteiger partial charge is 0.145 e. The number of aromatic nitrogens is 3. The second-order valence-corrected chi connectivity index (χ2v) is 6.73. The zero-order valence-corrected chi connectivity index (χ0v) is 17.2. The quantitative estimate of drug-likeness (QED) is 0.473. The van der Waals surface area contributed by atoms with Crippen LogP contribution in [-0.4, -0.2) is 41.4 Å². The fraction of sp³-hybridized carbons (Fsp3) is 0.217. The average Bonchev–Trinajstić information content (AvgIpc) is 2.75. The Morgan fingerprint density at radius 1 is 1.21 bits per heavy atom. The molecule has 2 heterocycles. The second kappa shape index (κ2) is 9.10. The Morgan fingerprint density at radius 2 is 2.03 bits per heavy atom. The molecular formula is C23H25N5O. The van der Waals surface area contributed by atoms with Gasteiger partial charge in [0.25, 0.3) is 0 Å². The zero-order valence-electron chi connectivity index (χ0n) is 17.2. The third-order valence-electron chi connectivity index (χ3n) is 4.53. The van der Waals surface area contributed by atoms with E-state index in [1.54, 1.807) is 14.2 Å². The molecule has 29 heavy (non-hydrogen) atoms. The van der Waals surface area contributed by atoms with Gasteiger partial charge in [0.05, 0.1) is 12.8 Å². The maximum absolute atomic E-state index is 5.58. The number of nitrogens with one attached hydrogen (secondary N) is 1. The summed E-state index contributed by atoms with van der Waals surface area (Å²) in [5.74, 6) is 1.40. The Bertz CT molecular complexity index is 1080. The van der Waals surface area contributed by atoms with Gasteiger partial charge >= 0.3 is 0 Å². The first-order chi connectivity index (χ1) is 14.0. The maximum atomic E-state index is 5.58. The van der Waals surface area contributed by atoms with Crippen LogP contribution < -0.4 is 10.1 Å². The molecule has 2 aromatic heterocycles. The van der Waals surface area contributed by atoms with Gasteiger partial charge in [0, 0.05) is 36.5 Å². The molecular weight excluding hydrogens is 362 g/mol. The van der Waals surface area contributed by atoms with Gasteiger partial charge in [-0.25, -0.2) is 9.97 Å². The van der Waals surface area contributed by atoms with Gasteiger partial charge in [-0.3, -0.25) is 9.98 Å². The van der Waals surface area contributed by atoms with E-state index in [-0.39, 0.29) is 0 Å². The topological polar surface area (TPSA) is 72.3 Å². The summed E-state index contributed by atoms with van der Waals surface area (Å²) in [5, 5.41) is 4.22. The predicted octanol–water partition coefficient (Wildman–Crippen LogP) is 4.62. The molecule has 0 bridgehead atoms. The molecule has 1 aromatic carbocycles. The largest absolute Gasteiger partial charge is 0.494 e. The number of methoxy groups -OCH3 is 1. The first-order valence-electron chi connectivity index (χ1n) is 9.30. The summed E-state index contributed by atoms with van der Waals surface area (Å²) in [4.78, 5) is 17.5.